The Morgan fingerprint density at radius 2 is 1.95 bits per heavy atom. The van der Waals surface area contributed by atoms with Crippen molar-refractivity contribution < 1.29 is 4.74 Å². The summed E-state index contributed by atoms with van der Waals surface area (Å²) in [5.41, 5.74) is 6.59. The third kappa shape index (κ3) is 1.98. The molecule has 2 aromatic rings. The van der Waals surface area contributed by atoms with Gasteiger partial charge in [0.25, 0.3) is 0 Å². The van der Waals surface area contributed by atoms with E-state index in [4.69, 9.17) is 4.74 Å². The number of hydrogen-bond acceptors (Lipinski definition) is 2. The Bertz CT molecular complexity index is 733. The Hall–Kier alpha value is -1.90. The van der Waals surface area contributed by atoms with Gasteiger partial charge in [-0.25, -0.2) is 0 Å². The number of allylic oxidation sites excluding steroid dienone is 2. The van der Waals surface area contributed by atoms with E-state index in [1.807, 2.05) is 0 Å². The molecule has 1 nitrogen and oxygen atoms in total. The molecule has 0 saturated carbocycles. The highest BCUT2D eigenvalue weighted by atomic mass is 32.1. The first-order valence-corrected chi connectivity index (χ1v) is 7.62. The molecular formula is C18H14OS. The van der Waals surface area contributed by atoms with Crippen molar-refractivity contribution in [3.8, 4) is 0 Å². The maximum atomic E-state index is 5.69. The molecule has 0 atom stereocenters. The number of rotatable bonds is 1. The lowest BCUT2D eigenvalue weighted by Crippen LogP contribution is -1.91. The molecule has 0 amide bonds. The fraction of sp³-hybridized carbons (Fsp3) is 0.111. The van der Waals surface area contributed by atoms with E-state index in [9.17, 15) is 0 Å². The minimum absolute atomic E-state index is 0.714. The summed E-state index contributed by atoms with van der Waals surface area (Å²) in [6.45, 7) is 1.43. The molecule has 1 aromatic heterocycles. The largest absolute Gasteiger partial charge is 0.372 e. The minimum Gasteiger partial charge on any atom is -0.372 e. The summed E-state index contributed by atoms with van der Waals surface area (Å²) < 4.78 is 5.69. The van der Waals surface area contributed by atoms with Crippen molar-refractivity contribution in [1.29, 1.82) is 0 Å². The highest BCUT2D eigenvalue weighted by Crippen LogP contribution is 2.36. The predicted molar refractivity (Wildman–Crippen MR) is 85.5 cm³/mol. The van der Waals surface area contributed by atoms with Crippen molar-refractivity contribution in [2.45, 2.75) is 0 Å². The summed E-state index contributed by atoms with van der Waals surface area (Å²) in [7, 11) is 0. The van der Waals surface area contributed by atoms with Crippen LogP contribution in [0.5, 0.6) is 0 Å². The molecule has 4 rings (SSSR count). The number of benzene rings is 1. The molecule has 1 aliphatic heterocycles. The van der Waals surface area contributed by atoms with Crippen LogP contribution >= 0.6 is 11.3 Å². The third-order valence-corrected chi connectivity index (χ3v) is 4.58. The van der Waals surface area contributed by atoms with Crippen molar-refractivity contribution in [1.82, 2.24) is 0 Å². The number of ether oxygens (including phenoxy) is 1. The van der Waals surface area contributed by atoms with Gasteiger partial charge >= 0.3 is 0 Å². The van der Waals surface area contributed by atoms with E-state index >= 15 is 0 Å². The number of hydrogen-bond donors (Lipinski definition) is 0. The molecule has 1 fully saturated rings. The lowest BCUT2D eigenvalue weighted by atomic mass is 9.97. The van der Waals surface area contributed by atoms with Crippen molar-refractivity contribution >= 4 is 29.1 Å². The van der Waals surface area contributed by atoms with Gasteiger partial charge in [-0.3, -0.25) is 0 Å². The van der Waals surface area contributed by atoms with Gasteiger partial charge in [-0.1, -0.05) is 42.5 Å². The van der Waals surface area contributed by atoms with Crippen LogP contribution in [0.4, 0.5) is 0 Å². The van der Waals surface area contributed by atoms with Crippen molar-refractivity contribution in [2.24, 2.45) is 0 Å². The van der Waals surface area contributed by atoms with Crippen LogP contribution in [0.2, 0.25) is 0 Å². The van der Waals surface area contributed by atoms with Crippen molar-refractivity contribution in [3.05, 3.63) is 75.0 Å². The maximum absolute atomic E-state index is 5.69. The summed E-state index contributed by atoms with van der Waals surface area (Å²) in [6, 6.07) is 12.8. The van der Waals surface area contributed by atoms with Gasteiger partial charge in [0, 0.05) is 4.88 Å². The zero-order chi connectivity index (χ0) is 13.4. The van der Waals surface area contributed by atoms with Crippen LogP contribution in [0.15, 0.2) is 59.0 Å². The highest BCUT2D eigenvalue weighted by molar-refractivity contribution is 7.10. The van der Waals surface area contributed by atoms with E-state index in [2.05, 4.69) is 60.0 Å². The van der Waals surface area contributed by atoms with Gasteiger partial charge in [-0.05, 0) is 45.4 Å². The van der Waals surface area contributed by atoms with Crippen LogP contribution in [-0.2, 0) is 4.74 Å². The van der Waals surface area contributed by atoms with E-state index in [-0.39, 0.29) is 0 Å². The second-order valence-electron chi connectivity index (χ2n) is 4.99. The van der Waals surface area contributed by atoms with Crippen LogP contribution in [0.3, 0.4) is 0 Å². The summed E-state index contributed by atoms with van der Waals surface area (Å²) in [4.78, 5) is 1.29. The molecule has 0 unspecified atom stereocenters. The fourth-order valence-electron chi connectivity index (χ4n) is 2.78. The first-order valence-electron chi connectivity index (χ1n) is 6.75. The molecule has 0 spiro atoms. The molecule has 0 bridgehead atoms. The van der Waals surface area contributed by atoms with E-state index in [0.717, 1.165) is 0 Å². The number of fused-ring (bicyclic) bond motifs is 1. The van der Waals surface area contributed by atoms with Crippen LogP contribution in [0, 0.1) is 0 Å². The molecular weight excluding hydrogens is 264 g/mol. The van der Waals surface area contributed by atoms with E-state index < -0.39 is 0 Å². The maximum Gasteiger partial charge on any atom is 0.0731 e. The van der Waals surface area contributed by atoms with Gasteiger partial charge in [-0.15, -0.1) is 11.3 Å². The molecule has 0 radical (unpaired) electrons. The first-order chi connectivity index (χ1) is 9.92. The molecule has 1 aromatic carbocycles. The molecule has 98 valence electrons. The van der Waals surface area contributed by atoms with E-state index in [1.165, 1.54) is 32.7 Å². The monoisotopic (exact) mass is 278 g/mol. The average Bonchev–Trinajstić information content (AvgIpc) is 3.19. The lowest BCUT2D eigenvalue weighted by Gasteiger charge is -2.06. The molecule has 2 aliphatic rings. The Balaban J connectivity index is 1.82. The van der Waals surface area contributed by atoms with E-state index in [1.54, 1.807) is 11.3 Å². The second-order valence-corrected chi connectivity index (χ2v) is 5.97. The van der Waals surface area contributed by atoms with Gasteiger partial charge in [0.05, 0.1) is 13.2 Å². The van der Waals surface area contributed by atoms with E-state index in [0.29, 0.717) is 13.2 Å². The minimum atomic E-state index is 0.714. The highest BCUT2D eigenvalue weighted by Gasteiger charge is 2.21. The summed E-state index contributed by atoms with van der Waals surface area (Å²) in [5, 5.41) is 2.11. The Kier molecular flexibility index (Phi) is 2.91. The van der Waals surface area contributed by atoms with Crippen LogP contribution in [0.1, 0.15) is 16.0 Å². The summed E-state index contributed by atoms with van der Waals surface area (Å²) >= 11 is 1.77. The van der Waals surface area contributed by atoms with Gasteiger partial charge < -0.3 is 4.74 Å². The quantitative estimate of drug-likeness (QED) is 0.738. The van der Waals surface area contributed by atoms with Crippen molar-refractivity contribution in [2.75, 3.05) is 13.2 Å². The Morgan fingerprint density at radius 1 is 1.00 bits per heavy atom. The standard InChI is InChI=1S/C18H14OS/c1-2-6-16-13(4-1)7-8-17(16)18-12-19-11-14(18)10-15-5-3-9-20-15/h1-10H,11-12H2/b14-10+,18-17-. The number of thiophene rings is 1. The molecule has 1 aliphatic carbocycles. The zero-order valence-electron chi connectivity index (χ0n) is 11.0. The topological polar surface area (TPSA) is 9.23 Å². The second kappa shape index (κ2) is 4.89. The van der Waals surface area contributed by atoms with Gasteiger partial charge in [0.15, 0.2) is 0 Å². The average molecular weight is 278 g/mol. The normalized spacial score (nSPS) is 22.7. The van der Waals surface area contributed by atoms with Crippen LogP contribution in [0.25, 0.3) is 17.7 Å². The Labute approximate surface area is 122 Å². The fourth-order valence-corrected chi connectivity index (χ4v) is 3.46. The van der Waals surface area contributed by atoms with Gasteiger partial charge in [0.2, 0.25) is 0 Å². The first kappa shape index (κ1) is 11.9. The lowest BCUT2D eigenvalue weighted by molar-refractivity contribution is 0.215. The van der Waals surface area contributed by atoms with Gasteiger partial charge in [-0.2, -0.15) is 0 Å². The zero-order valence-corrected chi connectivity index (χ0v) is 11.8. The smallest absolute Gasteiger partial charge is 0.0731 e. The van der Waals surface area contributed by atoms with Gasteiger partial charge in [0.1, 0.15) is 0 Å². The third-order valence-electron chi connectivity index (χ3n) is 3.76. The predicted octanol–water partition coefficient (Wildman–Crippen LogP) is 4.64. The van der Waals surface area contributed by atoms with Crippen LogP contribution < -0.4 is 0 Å². The molecule has 2 heterocycles. The Morgan fingerprint density at radius 3 is 2.85 bits per heavy atom. The molecule has 2 heteroatoms. The van der Waals surface area contributed by atoms with Crippen molar-refractivity contribution in [3.63, 3.8) is 0 Å². The molecule has 20 heavy (non-hydrogen) atoms. The molecule has 1 saturated heterocycles. The van der Waals surface area contributed by atoms with Crippen LogP contribution in [-0.4, -0.2) is 13.2 Å². The SMILES string of the molecule is C1=Cc2ccccc2/C1=C1/COC/C1=C\c1cccs1. The summed E-state index contributed by atoms with van der Waals surface area (Å²) in [6.07, 6.45) is 6.67. The molecule has 0 N–H and O–H groups in total. The summed E-state index contributed by atoms with van der Waals surface area (Å²) in [5.74, 6) is 0.